The summed E-state index contributed by atoms with van der Waals surface area (Å²) in [5.41, 5.74) is 7.06. The second-order valence-electron chi connectivity index (χ2n) is 8.04. The van der Waals surface area contributed by atoms with Crippen molar-refractivity contribution in [2.45, 2.75) is 63.7 Å². The minimum Gasteiger partial charge on any atom is -0.481 e. The van der Waals surface area contributed by atoms with Crippen molar-refractivity contribution in [3.8, 4) is 28.4 Å². The van der Waals surface area contributed by atoms with Crippen LogP contribution in [-0.2, 0) is 12.8 Å². The van der Waals surface area contributed by atoms with Crippen molar-refractivity contribution in [2.24, 2.45) is 0 Å². The largest absolute Gasteiger partial charge is 0.481 e. The molecule has 0 radical (unpaired) electrons. The van der Waals surface area contributed by atoms with Gasteiger partial charge in [-0.2, -0.15) is 5.21 Å². The number of H-pyrrole nitrogens is 1. The van der Waals surface area contributed by atoms with Crippen LogP contribution < -0.4 is 4.74 Å². The van der Waals surface area contributed by atoms with E-state index in [4.69, 9.17) is 9.72 Å². The summed E-state index contributed by atoms with van der Waals surface area (Å²) in [4.78, 5) is 9.59. The van der Waals surface area contributed by atoms with Gasteiger partial charge >= 0.3 is 0 Å². The molecule has 2 aliphatic carbocycles. The molecule has 0 saturated heterocycles. The molecule has 2 aliphatic rings. The first kappa shape index (κ1) is 18.2. The maximum atomic E-state index is 5.43. The highest BCUT2D eigenvalue weighted by Crippen LogP contribution is 2.45. The highest BCUT2D eigenvalue weighted by molar-refractivity contribution is 5.85. The van der Waals surface area contributed by atoms with Gasteiger partial charge in [-0.1, -0.05) is 19.3 Å². The van der Waals surface area contributed by atoms with Gasteiger partial charge in [-0.25, -0.2) is 4.98 Å². The van der Waals surface area contributed by atoms with Gasteiger partial charge in [0.1, 0.15) is 0 Å². The Hall–Kier alpha value is -2.83. The zero-order chi connectivity index (χ0) is 19.6. The van der Waals surface area contributed by atoms with Crippen molar-refractivity contribution in [3.63, 3.8) is 0 Å². The average Bonchev–Trinajstić information content (AvgIpc) is 3.44. The van der Waals surface area contributed by atoms with Gasteiger partial charge in [0, 0.05) is 23.9 Å². The van der Waals surface area contributed by atoms with E-state index in [0.29, 0.717) is 17.6 Å². The van der Waals surface area contributed by atoms with Gasteiger partial charge < -0.3 is 4.74 Å². The van der Waals surface area contributed by atoms with Crippen LogP contribution in [0.4, 0.5) is 0 Å². The van der Waals surface area contributed by atoms with Crippen molar-refractivity contribution in [1.29, 1.82) is 0 Å². The highest BCUT2D eigenvalue weighted by Gasteiger charge is 2.30. The Morgan fingerprint density at radius 1 is 1.03 bits per heavy atom. The van der Waals surface area contributed by atoms with E-state index in [-0.39, 0.29) is 0 Å². The minimum absolute atomic E-state index is 0.458. The SMILES string of the molecule is COc1cc(-c2c3c(nc(C4CCCC4)c2-c2nn[nH]n2)CCCCC3)ccn1. The molecule has 150 valence electrons. The van der Waals surface area contributed by atoms with E-state index < -0.39 is 0 Å². The molecule has 3 heterocycles. The van der Waals surface area contributed by atoms with Gasteiger partial charge in [0.25, 0.3) is 0 Å². The van der Waals surface area contributed by atoms with Gasteiger partial charge in [-0.3, -0.25) is 4.98 Å². The number of fused-ring (bicyclic) bond motifs is 1. The standard InChI is InChI=1S/C22H26N6O/c1-29-18-13-15(11-12-23-18)19-16-9-3-2-4-10-17(16)24-21(14-7-5-6-8-14)20(19)22-25-27-28-26-22/h11-14H,2-10H2,1H3,(H,25,26,27,28). The quantitative estimate of drug-likeness (QED) is 0.670. The highest BCUT2D eigenvalue weighted by atomic mass is 16.5. The molecule has 0 bridgehead atoms. The monoisotopic (exact) mass is 390 g/mol. The summed E-state index contributed by atoms with van der Waals surface area (Å²) in [5, 5.41) is 15.3. The van der Waals surface area contributed by atoms with Gasteiger partial charge in [-0.15, -0.1) is 10.2 Å². The second-order valence-corrected chi connectivity index (χ2v) is 8.04. The van der Waals surface area contributed by atoms with Gasteiger partial charge in [-0.05, 0) is 66.5 Å². The number of hydrogen-bond donors (Lipinski definition) is 1. The smallest absolute Gasteiger partial charge is 0.213 e. The van der Waals surface area contributed by atoms with Gasteiger partial charge in [0.2, 0.25) is 11.7 Å². The number of nitrogens with one attached hydrogen (secondary N) is 1. The Morgan fingerprint density at radius 3 is 2.69 bits per heavy atom. The number of ether oxygens (including phenoxy) is 1. The Morgan fingerprint density at radius 2 is 1.90 bits per heavy atom. The molecule has 5 rings (SSSR count). The Balaban J connectivity index is 1.82. The molecule has 1 N–H and O–H groups in total. The van der Waals surface area contributed by atoms with Crippen LogP contribution in [0.15, 0.2) is 18.3 Å². The van der Waals surface area contributed by atoms with Crippen molar-refractivity contribution in [3.05, 3.63) is 35.3 Å². The summed E-state index contributed by atoms with van der Waals surface area (Å²) < 4.78 is 5.43. The van der Waals surface area contributed by atoms with Crippen LogP contribution in [0.5, 0.6) is 5.88 Å². The van der Waals surface area contributed by atoms with Crippen molar-refractivity contribution in [1.82, 2.24) is 30.6 Å². The number of methoxy groups -OCH3 is 1. The Bertz CT molecular complexity index is 995. The first-order chi connectivity index (χ1) is 14.3. The van der Waals surface area contributed by atoms with Crippen LogP contribution >= 0.6 is 0 Å². The molecule has 3 aromatic heterocycles. The first-order valence-electron chi connectivity index (χ1n) is 10.6. The summed E-state index contributed by atoms with van der Waals surface area (Å²) in [6.07, 6.45) is 12.4. The van der Waals surface area contributed by atoms with Crippen molar-refractivity contribution >= 4 is 0 Å². The molecule has 1 saturated carbocycles. The molecule has 7 nitrogen and oxygen atoms in total. The molecular formula is C22H26N6O. The van der Waals surface area contributed by atoms with E-state index in [0.717, 1.165) is 29.7 Å². The minimum atomic E-state index is 0.458. The number of aromatic nitrogens is 6. The predicted molar refractivity (Wildman–Crippen MR) is 110 cm³/mol. The molecule has 0 aliphatic heterocycles. The van der Waals surface area contributed by atoms with E-state index in [2.05, 4.69) is 31.7 Å². The average molecular weight is 390 g/mol. The van der Waals surface area contributed by atoms with Crippen LogP contribution in [0.2, 0.25) is 0 Å². The first-order valence-corrected chi connectivity index (χ1v) is 10.6. The van der Waals surface area contributed by atoms with Crippen molar-refractivity contribution in [2.75, 3.05) is 7.11 Å². The number of rotatable bonds is 4. The number of nitrogens with zero attached hydrogens (tertiary/aromatic N) is 5. The number of hydrogen-bond acceptors (Lipinski definition) is 6. The van der Waals surface area contributed by atoms with E-state index in [9.17, 15) is 0 Å². The zero-order valence-corrected chi connectivity index (χ0v) is 16.8. The van der Waals surface area contributed by atoms with Crippen LogP contribution in [0.1, 0.15) is 67.8 Å². The molecule has 0 unspecified atom stereocenters. The number of tetrazole rings is 1. The summed E-state index contributed by atoms with van der Waals surface area (Å²) in [7, 11) is 1.66. The summed E-state index contributed by atoms with van der Waals surface area (Å²) >= 11 is 0. The summed E-state index contributed by atoms with van der Waals surface area (Å²) in [6, 6.07) is 4.08. The van der Waals surface area contributed by atoms with Crippen LogP contribution in [-0.4, -0.2) is 37.7 Å². The summed E-state index contributed by atoms with van der Waals surface area (Å²) in [6.45, 7) is 0. The Kier molecular flexibility index (Phi) is 4.96. The maximum Gasteiger partial charge on any atom is 0.213 e. The molecule has 1 fully saturated rings. The van der Waals surface area contributed by atoms with Crippen LogP contribution in [0.25, 0.3) is 22.5 Å². The topological polar surface area (TPSA) is 89.5 Å². The molecular weight excluding hydrogens is 364 g/mol. The van der Waals surface area contributed by atoms with Crippen LogP contribution in [0.3, 0.4) is 0 Å². The number of aryl methyl sites for hydroxylation is 1. The molecule has 0 amide bonds. The lowest BCUT2D eigenvalue weighted by Gasteiger charge is -2.22. The molecule has 29 heavy (non-hydrogen) atoms. The molecule has 0 aromatic carbocycles. The van der Waals surface area contributed by atoms with Gasteiger partial charge in [0.15, 0.2) is 0 Å². The van der Waals surface area contributed by atoms with E-state index in [1.807, 2.05) is 12.3 Å². The normalized spacial score (nSPS) is 17.1. The molecule has 0 spiro atoms. The third kappa shape index (κ3) is 3.39. The second kappa shape index (κ2) is 7.89. The van der Waals surface area contributed by atoms with Gasteiger partial charge in [0.05, 0.1) is 18.4 Å². The number of aromatic amines is 1. The fraction of sp³-hybridized carbons (Fsp3) is 0.500. The van der Waals surface area contributed by atoms with E-state index >= 15 is 0 Å². The van der Waals surface area contributed by atoms with E-state index in [1.54, 1.807) is 7.11 Å². The third-order valence-electron chi connectivity index (χ3n) is 6.30. The lowest BCUT2D eigenvalue weighted by molar-refractivity contribution is 0.398. The fourth-order valence-corrected chi connectivity index (χ4v) is 4.92. The molecule has 3 aromatic rings. The molecule has 7 heteroatoms. The predicted octanol–water partition coefficient (Wildman–Crippen LogP) is 4.26. The summed E-state index contributed by atoms with van der Waals surface area (Å²) in [5.74, 6) is 1.71. The third-order valence-corrected chi connectivity index (χ3v) is 6.30. The Labute approximate surface area is 170 Å². The van der Waals surface area contributed by atoms with Crippen LogP contribution in [0, 0.1) is 0 Å². The molecule has 0 atom stereocenters. The van der Waals surface area contributed by atoms with E-state index in [1.165, 1.54) is 61.8 Å². The fourth-order valence-electron chi connectivity index (χ4n) is 4.92. The zero-order valence-electron chi connectivity index (χ0n) is 16.8. The number of pyridine rings is 2. The maximum absolute atomic E-state index is 5.43. The lowest BCUT2D eigenvalue weighted by Crippen LogP contribution is -2.10. The van der Waals surface area contributed by atoms with Crippen molar-refractivity contribution < 1.29 is 4.74 Å². The lowest BCUT2D eigenvalue weighted by atomic mass is 9.86.